The van der Waals surface area contributed by atoms with Crippen molar-refractivity contribution in [2.75, 3.05) is 19.6 Å². The molecule has 1 fully saturated rings. The van der Waals surface area contributed by atoms with Crippen molar-refractivity contribution < 1.29 is 15.0 Å². The first-order valence-electron chi connectivity index (χ1n) is 8.74. The van der Waals surface area contributed by atoms with E-state index in [4.69, 9.17) is 0 Å². The van der Waals surface area contributed by atoms with Gasteiger partial charge in [0.25, 0.3) is 0 Å². The second-order valence-corrected chi connectivity index (χ2v) is 7.68. The third-order valence-corrected chi connectivity index (χ3v) is 4.65. The molecule has 2 rings (SSSR count). The summed E-state index contributed by atoms with van der Waals surface area (Å²) in [7, 11) is 0. The molecular formula is C19H30N2O3. The molecule has 5 nitrogen and oxygen atoms in total. The van der Waals surface area contributed by atoms with Crippen LogP contribution in [0.2, 0.25) is 0 Å². The third kappa shape index (κ3) is 5.49. The lowest BCUT2D eigenvalue weighted by molar-refractivity contribution is 0.0792. The Morgan fingerprint density at radius 2 is 1.71 bits per heavy atom. The van der Waals surface area contributed by atoms with Crippen LogP contribution in [0.3, 0.4) is 0 Å². The molecule has 1 amide bonds. The van der Waals surface area contributed by atoms with E-state index in [1.54, 1.807) is 0 Å². The lowest BCUT2D eigenvalue weighted by Crippen LogP contribution is -2.45. The van der Waals surface area contributed by atoms with E-state index < -0.39 is 6.09 Å². The number of amides is 1. The first-order chi connectivity index (χ1) is 11.3. The molecule has 0 atom stereocenters. The molecule has 0 saturated carbocycles. The van der Waals surface area contributed by atoms with E-state index in [0.29, 0.717) is 6.54 Å². The number of carboxylic acid groups (broad SMARTS) is 1. The Morgan fingerprint density at radius 1 is 1.17 bits per heavy atom. The fourth-order valence-corrected chi connectivity index (χ4v) is 3.11. The molecule has 1 heterocycles. The van der Waals surface area contributed by atoms with Gasteiger partial charge < -0.3 is 15.1 Å². The number of aliphatic hydroxyl groups excluding tert-OH is 1. The van der Waals surface area contributed by atoms with E-state index in [0.717, 1.165) is 44.5 Å². The largest absolute Gasteiger partial charge is 0.465 e. The second-order valence-electron chi connectivity index (χ2n) is 7.68. The molecule has 0 spiro atoms. The Labute approximate surface area is 144 Å². The monoisotopic (exact) mass is 334 g/mol. The summed E-state index contributed by atoms with van der Waals surface area (Å²) in [6, 6.07) is 8.44. The van der Waals surface area contributed by atoms with Crippen LogP contribution in [0.15, 0.2) is 24.3 Å². The highest BCUT2D eigenvalue weighted by Gasteiger charge is 2.25. The summed E-state index contributed by atoms with van der Waals surface area (Å²) in [5.74, 6) is 0. The van der Waals surface area contributed by atoms with Crippen LogP contribution < -0.4 is 0 Å². The maximum Gasteiger partial charge on any atom is 0.407 e. The first kappa shape index (κ1) is 18.7. The van der Waals surface area contributed by atoms with Crippen molar-refractivity contribution in [1.29, 1.82) is 0 Å². The predicted octanol–water partition coefficient (Wildman–Crippen LogP) is 2.96. The zero-order valence-corrected chi connectivity index (χ0v) is 15.0. The summed E-state index contributed by atoms with van der Waals surface area (Å²) in [5, 5.41) is 18.9. The van der Waals surface area contributed by atoms with Crippen molar-refractivity contribution in [2.24, 2.45) is 0 Å². The van der Waals surface area contributed by atoms with E-state index in [2.05, 4.69) is 29.2 Å². The van der Waals surface area contributed by atoms with Gasteiger partial charge in [-0.15, -0.1) is 0 Å². The second kappa shape index (κ2) is 7.99. The third-order valence-electron chi connectivity index (χ3n) is 4.65. The molecule has 1 aliphatic rings. The number of nitrogens with zero attached hydrogens (tertiary/aromatic N) is 2. The SMILES string of the molecule is CC(C)(C)N(CCc1ccc(CN2CCC(O)CC2)cc1)C(=O)O. The number of benzene rings is 1. The number of aliphatic hydroxyl groups is 1. The lowest BCUT2D eigenvalue weighted by Gasteiger charge is -2.33. The van der Waals surface area contributed by atoms with Crippen molar-refractivity contribution in [3.63, 3.8) is 0 Å². The Kier molecular flexibility index (Phi) is 6.24. The van der Waals surface area contributed by atoms with Gasteiger partial charge in [0.2, 0.25) is 0 Å². The number of likely N-dealkylation sites (tertiary alicyclic amines) is 1. The minimum Gasteiger partial charge on any atom is -0.465 e. The standard InChI is InChI=1S/C19H30N2O3/c1-19(2,3)21(18(23)24)13-8-15-4-6-16(7-5-15)14-20-11-9-17(22)10-12-20/h4-7,17,22H,8-14H2,1-3H3,(H,23,24). The Balaban J connectivity index is 1.86. The molecule has 1 aromatic carbocycles. The molecule has 0 unspecified atom stereocenters. The maximum absolute atomic E-state index is 11.4. The summed E-state index contributed by atoms with van der Waals surface area (Å²) in [6.45, 7) is 9.06. The average Bonchev–Trinajstić information content (AvgIpc) is 2.50. The summed E-state index contributed by atoms with van der Waals surface area (Å²) in [5.41, 5.74) is 2.04. The predicted molar refractivity (Wildman–Crippen MR) is 95.1 cm³/mol. The highest BCUT2D eigenvalue weighted by Crippen LogP contribution is 2.17. The van der Waals surface area contributed by atoms with Gasteiger partial charge in [-0.05, 0) is 51.2 Å². The van der Waals surface area contributed by atoms with E-state index >= 15 is 0 Å². The Hall–Kier alpha value is -1.59. The fraction of sp³-hybridized carbons (Fsp3) is 0.632. The van der Waals surface area contributed by atoms with Gasteiger partial charge in [-0.1, -0.05) is 24.3 Å². The van der Waals surface area contributed by atoms with Gasteiger partial charge in [-0.25, -0.2) is 4.79 Å². The average molecular weight is 334 g/mol. The van der Waals surface area contributed by atoms with Crippen molar-refractivity contribution in [2.45, 2.75) is 58.2 Å². The summed E-state index contributed by atoms with van der Waals surface area (Å²) in [4.78, 5) is 15.2. The maximum atomic E-state index is 11.4. The Morgan fingerprint density at radius 3 is 2.21 bits per heavy atom. The van der Waals surface area contributed by atoms with E-state index in [9.17, 15) is 15.0 Å². The highest BCUT2D eigenvalue weighted by molar-refractivity contribution is 5.66. The van der Waals surface area contributed by atoms with Gasteiger partial charge in [0.15, 0.2) is 0 Å². The lowest BCUT2D eigenvalue weighted by atomic mass is 10.0. The summed E-state index contributed by atoms with van der Waals surface area (Å²) in [6.07, 6.45) is 1.43. The molecule has 0 radical (unpaired) electrons. The van der Waals surface area contributed by atoms with Crippen molar-refractivity contribution in [3.8, 4) is 0 Å². The number of rotatable bonds is 5. The molecule has 134 valence electrons. The smallest absolute Gasteiger partial charge is 0.407 e. The zero-order chi connectivity index (χ0) is 17.7. The number of hydrogen-bond acceptors (Lipinski definition) is 3. The molecule has 24 heavy (non-hydrogen) atoms. The summed E-state index contributed by atoms with van der Waals surface area (Å²) >= 11 is 0. The number of piperidine rings is 1. The van der Waals surface area contributed by atoms with Gasteiger partial charge in [0.1, 0.15) is 0 Å². The van der Waals surface area contributed by atoms with Crippen LogP contribution in [-0.4, -0.2) is 57.4 Å². The number of carbonyl (C=O) groups is 1. The van der Waals surface area contributed by atoms with Crippen molar-refractivity contribution in [1.82, 2.24) is 9.80 Å². The topological polar surface area (TPSA) is 64.0 Å². The molecule has 0 aliphatic carbocycles. The normalized spacial score (nSPS) is 17.0. The van der Waals surface area contributed by atoms with Gasteiger partial charge in [0.05, 0.1) is 6.10 Å². The quantitative estimate of drug-likeness (QED) is 0.869. The highest BCUT2D eigenvalue weighted by atomic mass is 16.4. The van der Waals surface area contributed by atoms with Gasteiger partial charge in [-0.3, -0.25) is 4.90 Å². The van der Waals surface area contributed by atoms with Gasteiger partial charge >= 0.3 is 6.09 Å². The van der Waals surface area contributed by atoms with E-state index in [-0.39, 0.29) is 11.6 Å². The van der Waals surface area contributed by atoms with E-state index in [1.165, 1.54) is 10.5 Å². The van der Waals surface area contributed by atoms with Gasteiger partial charge in [0, 0.05) is 31.7 Å². The molecule has 0 aromatic heterocycles. The van der Waals surface area contributed by atoms with Crippen molar-refractivity contribution in [3.05, 3.63) is 35.4 Å². The zero-order valence-electron chi connectivity index (χ0n) is 15.0. The number of hydrogen-bond donors (Lipinski definition) is 2. The minimum absolute atomic E-state index is 0.136. The molecule has 1 aromatic rings. The molecule has 5 heteroatoms. The van der Waals surface area contributed by atoms with Crippen LogP contribution in [0.25, 0.3) is 0 Å². The molecule has 1 saturated heterocycles. The van der Waals surface area contributed by atoms with E-state index in [1.807, 2.05) is 20.8 Å². The van der Waals surface area contributed by atoms with Crippen LogP contribution in [0.1, 0.15) is 44.7 Å². The summed E-state index contributed by atoms with van der Waals surface area (Å²) < 4.78 is 0. The van der Waals surface area contributed by atoms with Crippen molar-refractivity contribution >= 4 is 6.09 Å². The van der Waals surface area contributed by atoms with Crippen LogP contribution in [0.5, 0.6) is 0 Å². The fourth-order valence-electron chi connectivity index (χ4n) is 3.11. The molecule has 0 bridgehead atoms. The molecular weight excluding hydrogens is 304 g/mol. The molecule has 1 aliphatic heterocycles. The first-order valence-corrected chi connectivity index (χ1v) is 8.74. The molecule has 2 N–H and O–H groups in total. The van der Waals surface area contributed by atoms with Crippen LogP contribution in [0, 0.1) is 0 Å². The van der Waals surface area contributed by atoms with Crippen LogP contribution in [-0.2, 0) is 13.0 Å². The van der Waals surface area contributed by atoms with Gasteiger partial charge in [-0.2, -0.15) is 0 Å². The Bertz CT molecular complexity index is 529. The van der Waals surface area contributed by atoms with Crippen LogP contribution >= 0.6 is 0 Å². The minimum atomic E-state index is -0.869. The van der Waals surface area contributed by atoms with Crippen LogP contribution in [0.4, 0.5) is 4.79 Å².